The molecule has 0 fully saturated rings. The van der Waals surface area contributed by atoms with Crippen molar-refractivity contribution in [1.82, 2.24) is 4.98 Å². The third-order valence-corrected chi connectivity index (χ3v) is 2.17. The van der Waals surface area contributed by atoms with Crippen LogP contribution in [0.5, 0.6) is 0 Å². The normalized spacial score (nSPS) is 11.3. The zero-order valence-corrected chi connectivity index (χ0v) is 7.58. The number of rotatable bonds is 2. The summed E-state index contributed by atoms with van der Waals surface area (Å²) < 4.78 is 0. The average Bonchev–Trinajstić information content (AvgIpc) is 1.21. The standard InChI is InChI=1S/C6H17NSi.Li.H/c1-6(2)7-8(3,4)5;;/h6-7H,1-5H3;;. The van der Waals surface area contributed by atoms with Gasteiger partial charge in [0.25, 0.3) is 0 Å². The molecule has 0 rings (SSSR count). The van der Waals surface area contributed by atoms with Crippen LogP contribution in [0.3, 0.4) is 0 Å². The summed E-state index contributed by atoms with van der Waals surface area (Å²) in [5.41, 5.74) is 0. The molecule has 0 saturated carbocycles. The average molecular weight is 139 g/mol. The second kappa shape index (κ2) is 4.57. The van der Waals surface area contributed by atoms with Crippen LogP contribution in [-0.4, -0.2) is 33.1 Å². The third kappa shape index (κ3) is 12.1. The first-order valence-corrected chi connectivity index (χ1v) is 6.69. The topological polar surface area (TPSA) is 12.0 Å². The van der Waals surface area contributed by atoms with Gasteiger partial charge in [0.05, 0.1) is 0 Å². The Labute approximate surface area is 71.9 Å². The molecule has 0 radical (unpaired) electrons. The first-order valence-electron chi connectivity index (χ1n) is 3.19. The van der Waals surface area contributed by atoms with E-state index in [0.29, 0.717) is 6.04 Å². The molecule has 1 nitrogen and oxygen atoms in total. The molecule has 0 aromatic rings. The van der Waals surface area contributed by atoms with Crippen molar-refractivity contribution in [2.24, 2.45) is 0 Å². The van der Waals surface area contributed by atoms with Crippen molar-refractivity contribution >= 4 is 27.1 Å². The van der Waals surface area contributed by atoms with Crippen LogP contribution >= 0.6 is 0 Å². The van der Waals surface area contributed by atoms with Gasteiger partial charge in [-0.1, -0.05) is 33.5 Å². The molecule has 0 saturated heterocycles. The van der Waals surface area contributed by atoms with Gasteiger partial charge in [-0.25, -0.2) is 0 Å². The second-order valence-electron chi connectivity index (χ2n) is 3.55. The van der Waals surface area contributed by atoms with E-state index in [1.807, 2.05) is 0 Å². The van der Waals surface area contributed by atoms with E-state index in [4.69, 9.17) is 0 Å². The summed E-state index contributed by atoms with van der Waals surface area (Å²) in [5.74, 6) is 0. The van der Waals surface area contributed by atoms with Gasteiger partial charge in [0.15, 0.2) is 0 Å². The van der Waals surface area contributed by atoms with Gasteiger partial charge in [0.1, 0.15) is 8.24 Å². The minimum absolute atomic E-state index is 0. The van der Waals surface area contributed by atoms with Crippen molar-refractivity contribution in [3.05, 3.63) is 0 Å². The first kappa shape index (κ1) is 12.5. The van der Waals surface area contributed by atoms with E-state index in [-0.39, 0.29) is 18.9 Å². The van der Waals surface area contributed by atoms with Gasteiger partial charge < -0.3 is 4.98 Å². The van der Waals surface area contributed by atoms with Crippen LogP contribution in [0.25, 0.3) is 0 Å². The molecular weight excluding hydrogens is 121 g/mol. The van der Waals surface area contributed by atoms with Crippen molar-refractivity contribution in [3.63, 3.8) is 0 Å². The molecule has 0 atom stereocenters. The zero-order chi connectivity index (χ0) is 6.78. The molecule has 3 heteroatoms. The number of hydrogen-bond acceptors (Lipinski definition) is 1. The number of nitrogens with one attached hydrogen (secondary N) is 1. The van der Waals surface area contributed by atoms with Gasteiger partial charge in [-0.3, -0.25) is 0 Å². The van der Waals surface area contributed by atoms with Gasteiger partial charge in [-0.15, -0.1) is 0 Å². The van der Waals surface area contributed by atoms with Gasteiger partial charge >= 0.3 is 18.9 Å². The van der Waals surface area contributed by atoms with E-state index in [1.165, 1.54) is 0 Å². The Bertz CT molecular complexity index is 67.9. The van der Waals surface area contributed by atoms with Crippen molar-refractivity contribution in [1.29, 1.82) is 0 Å². The third-order valence-electron chi connectivity index (χ3n) is 0.722. The predicted molar refractivity (Wildman–Crippen MR) is 48.8 cm³/mol. The van der Waals surface area contributed by atoms with Crippen molar-refractivity contribution in [3.8, 4) is 0 Å². The molecule has 0 unspecified atom stereocenters. The SMILES string of the molecule is CC(C)N[Si](C)(C)C.[LiH]. The second-order valence-corrected chi connectivity index (χ2v) is 8.34. The summed E-state index contributed by atoms with van der Waals surface area (Å²) in [4.78, 5) is 3.52. The summed E-state index contributed by atoms with van der Waals surface area (Å²) in [6.45, 7) is 11.3. The van der Waals surface area contributed by atoms with Crippen LogP contribution in [0.15, 0.2) is 0 Å². The van der Waals surface area contributed by atoms with Crippen molar-refractivity contribution in [2.45, 2.75) is 39.5 Å². The van der Waals surface area contributed by atoms with Crippen LogP contribution in [0.2, 0.25) is 19.6 Å². The Morgan fingerprint density at radius 2 is 1.44 bits per heavy atom. The van der Waals surface area contributed by atoms with E-state index < -0.39 is 8.24 Å². The van der Waals surface area contributed by atoms with Crippen molar-refractivity contribution < 1.29 is 0 Å². The molecule has 0 spiro atoms. The van der Waals surface area contributed by atoms with Crippen LogP contribution in [0.1, 0.15) is 13.8 Å². The Hall–Kier alpha value is 0.774. The number of hydrogen-bond donors (Lipinski definition) is 1. The summed E-state index contributed by atoms with van der Waals surface area (Å²) in [5, 5.41) is 0. The maximum absolute atomic E-state index is 3.52. The predicted octanol–water partition coefficient (Wildman–Crippen LogP) is 1.17. The van der Waals surface area contributed by atoms with E-state index in [1.54, 1.807) is 0 Å². The Morgan fingerprint density at radius 3 is 1.44 bits per heavy atom. The molecule has 9 heavy (non-hydrogen) atoms. The molecular formula is C6H18LiNSi. The first-order chi connectivity index (χ1) is 3.42. The van der Waals surface area contributed by atoms with Crippen LogP contribution in [0, 0.1) is 0 Å². The molecule has 1 N–H and O–H groups in total. The minimum atomic E-state index is -0.970. The molecule has 0 amide bonds. The summed E-state index contributed by atoms with van der Waals surface area (Å²) in [7, 11) is -0.970. The maximum atomic E-state index is 3.52. The van der Waals surface area contributed by atoms with E-state index in [0.717, 1.165) is 0 Å². The van der Waals surface area contributed by atoms with E-state index in [9.17, 15) is 0 Å². The molecule has 52 valence electrons. The zero-order valence-electron chi connectivity index (χ0n) is 6.58. The van der Waals surface area contributed by atoms with Gasteiger partial charge in [-0.05, 0) is 6.04 Å². The van der Waals surface area contributed by atoms with Gasteiger partial charge in [0.2, 0.25) is 0 Å². The fraction of sp³-hybridized carbons (Fsp3) is 1.00. The fourth-order valence-corrected chi connectivity index (χ4v) is 2.60. The molecule has 0 aliphatic heterocycles. The van der Waals surface area contributed by atoms with Crippen LogP contribution < -0.4 is 4.98 Å². The quantitative estimate of drug-likeness (QED) is 0.566. The van der Waals surface area contributed by atoms with E-state index >= 15 is 0 Å². The monoisotopic (exact) mass is 139 g/mol. The fourth-order valence-electron chi connectivity index (χ4n) is 0.866. The van der Waals surface area contributed by atoms with E-state index in [2.05, 4.69) is 38.5 Å². The Morgan fingerprint density at radius 1 is 1.11 bits per heavy atom. The Balaban J connectivity index is 0. The summed E-state index contributed by atoms with van der Waals surface area (Å²) in [6.07, 6.45) is 0. The Kier molecular flexibility index (Phi) is 6.32. The van der Waals surface area contributed by atoms with Crippen LogP contribution in [0.4, 0.5) is 0 Å². The molecule has 0 aliphatic rings. The van der Waals surface area contributed by atoms with Gasteiger partial charge in [-0.2, -0.15) is 0 Å². The summed E-state index contributed by atoms with van der Waals surface area (Å²) in [6, 6.07) is 0.654. The van der Waals surface area contributed by atoms with Crippen molar-refractivity contribution in [2.75, 3.05) is 0 Å². The van der Waals surface area contributed by atoms with Crippen LogP contribution in [-0.2, 0) is 0 Å². The molecule has 0 aromatic heterocycles. The van der Waals surface area contributed by atoms with Gasteiger partial charge in [0, 0.05) is 0 Å². The summed E-state index contributed by atoms with van der Waals surface area (Å²) >= 11 is 0. The molecule has 0 aromatic carbocycles. The molecule has 0 heterocycles. The molecule has 0 aliphatic carbocycles. The molecule has 0 bridgehead atoms.